The molecule has 0 saturated carbocycles. The van der Waals surface area contributed by atoms with Crippen LogP contribution in [0.4, 0.5) is 4.39 Å². The van der Waals surface area contributed by atoms with E-state index in [0.717, 1.165) is 6.07 Å². The molecule has 0 bridgehead atoms. The van der Waals surface area contributed by atoms with E-state index in [1.54, 1.807) is 6.92 Å². The summed E-state index contributed by atoms with van der Waals surface area (Å²) in [6.07, 6.45) is 0. The lowest BCUT2D eigenvalue weighted by Crippen LogP contribution is -2.02. The van der Waals surface area contributed by atoms with Crippen molar-refractivity contribution >= 4 is 28.6 Å². The van der Waals surface area contributed by atoms with Crippen LogP contribution in [0.1, 0.15) is 15.9 Å². The number of carbonyl (C=O) groups is 1. The van der Waals surface area contributed by atoms with Crippen molar-refractivity contribution in [1.29, 1.82) is 0 Å². The normalized spacial score (nSPS) is 9.92. The van der Waals surface area contributed by atoms with E-state index in [4.69, 9.17) is 5.11 Å². The topological polar surface area (TPSA) is 37.3 Å². The number of aromatic carboxylic acids is 1. The van der Waals surface area contributed by atoms with Crippen LogP contribution in [0.2, 0.25) is 0 Å². The fraction of sp³-hybridized carbons (Fsp3) is 0.125. The lowest BCUT2D eigenvalue weighted by atomic mass is 10.1. The fourth-order valence-electron chi connectivity index (χ4n) is 0.868. The molecular weight excluding hydrogens is 274 g/mol. The monoisotopic (exact) mass is 280 g/mol. The Morgan fingerprint density at radius 2 is 2.17 bits per heavy atom. The summed E-state index contributed by atoms with van der Waals surface area (Å²) in [5.41, 5.74) is 0.629. The Kier molecular flexibility index (Phi) is 2.66. The Balaban J connectivity index is 3.37. The van der Waals surface area contributed by atoms with Crippen molar-refractivity contribution in [2.24, 2.45) is 0 Å². The van der Waals surface area contributed by atoms with Gasteiger partial charge >= 0.3 is 5.97 Å². The molecule has 0 amide bonds. The second-order valence-corrected chi connectivity index (χ2v) is 3.53. The number of halogens is 2. The molecule has 1 aromatic rings. The first kappa shape index (κ1) is 9.44. The molecule has 0 radical (unpaired) electrons. The van der Waals surface area contributed by atoms with Gasteiger partial charge in [-0.1, -0.05) is 0 Å². The average molecular weight is 280 g/mol. The van der Waals surface area contributed by atoms with Crippen molar-refractivity contribution in [2.75, 3.05) is 0 Å². The zero-order valence-corrected chi connectivity index (χ0v) is 8.42. The molecular formula is C8H6FIO2. The van der Waals surface area contributed by atoms with Gasteiger partial charge in [-0.2, -0.15) is 0 Å². The molecule has 0 aromatic heterocycles. The standard InChI is InChI=1S/C8H6FIO2/c1-4-6(8(11)12)2-5(9)3-7(4)10/h2-3H,1H3,(H,11,12). The van der Waals surface area contributed by atoms with Crippen LogP contribution < -0.4 is 0 Å². The second kappa shape index (κ2) is 3.38. The summed E-state index contributed by atoms with van der Waals surface area (Å²) in [6.45, 7) is 1.66. The molecule has 0 atom stereocenters. The predicted molar refractivity (Wildman–Crippen MR) is 50.8 cm³/mol. The molecule has 0 unspecified atom stereocenters. The van der Waals surface area contributed by atoms with Crippen LogP contribution in [-0.4, -0.2) is 11.1 Å². The fourth-order valence-corrected chi connectivity index (χ4v) is 1.46. The third kappa shape index (κ3) is 1.74. The zero-order chi connectivity index (χ0) is 9.30. The van der Waals surface area contributed by atoms with Crippen molar-refractivity contribution in [2.45, 2.75) is 6.92 Å². The van der Waals surface area contributed by atoms with Gasteiger partial charge in [-0.3, -0.25) is 0 Å². The van der Waals surface area contributed by atoms with E-state index in [2.05, 4.69) is 0 Å². The summed E-state index contributed by atoms with van der Waals surface area (Å²) in [7, 11) is 0. The first-order valence-corrected chi connectivity index (χ1v) is 4.29. The largest absolute Gasteiger partial charge is 0.478 e. The molecule has 12 heavy (non-hydrogen) atoms. The van der Waals surface area contributed by atoms with Gasteiger partial charge in [-0.15, -0.1) is 0 Å². The highest BCUT2D eigenvalue weighted by atomic mass is 127. The van der Waals surface area contributed by atoms with Crippen LogP contribution in [0.15, 0.2) is 12.1 Å². The molecule has 2 nitrogen and oxygen atoms in total. The van der Waals surface area contributed by atoms with Crippen LogP contribution in [0.3, 0.4) is 0 Å². The van der Waals surface area contributed by atoms with Gasteiger partial charge in [-0.25, -0.2) is 9.18 Å². The van der Waals surface area contributed by atoms with E-state index in [9.17, 15) is 9.18 Å². The van der Waals surface area contributed by atoms with Crippen molar-refractivity contribution in [3.8, 4) is 0 Å². The molecule has 0 heterocycles. The summed E-state index contributed by atoms with van der Waals surface area (Å²) in [6, 6.07) is 2.34. The van der Waals surface area contributed by atoms with Gasteiger partial charge in [0.25, 0.3) is 0 Å². The Morgan fingerprint density at radius 1 is 1.58 bits per heavy atom. The van der Waals surface area contributed by atoms with Crippen molar-refractivity contribution in [1.82, 2.24) is 0 Å². The van der Waals surface area contributed by atoms with Crippen molar-refractivity contribution in [3.05, 3.63) is 32.6 Å². The van der Waals surface area contributed by atoms with Crippen LogP contribution >= 0.6 is 22.6 Å². The maximum absolute atomic E-state index is 12.7. The molecule has 0 aliphatic heterocycles. The van der Waals surface area contributed by atoms with Gasteiger partial charge in [0.2, 0.25) is 0 Å². The molecule has 0 saturated heterocycles. The van der Waals surface area contributed by atoms with E-state index >= 15 is 0 Å². The number of hydrogen-bond donors (Lipinski definition) is 1. The van der Waals surface area contributed by atoms with E-state index in [1.165, 1.54) is 6.07 Å². The number of hydrogen-bond acceptors (Lipinski definition) is 1. The lowest BCUT2D eigenvalue weighted by molar-refractivity contribution is 0.0695. The summed E-state index contributed by atoms with van der Waals surface area (Å²) in [4.78, 5) is 10.6. The molecule has 0 spiro atoms. The van der Waals surface area contributed by atoms with Crippen molar-refractivity contribution in [3.63, 3.8) is 0 Å². The Hall–Kier alpha value is -0.650. The predicted octanol–water partition coefficient (Wildman–Crippen LogP) is 2.44. The Bertz CT molecular complexity index is 336. The van der Waals surface area contributed by atoms with Crippen molar-refractivity contribution < 1.29 is 14.3 Å². The van der Waals surface area contributed by atoms with Crippen LogP contribution in [0, 0.1) is 16.3 Å². The van der Waals surface area contributed by atoms with Gasteiger partial charge in [0.05, 0.1) is 5.56 Å². The highest BCUT2D eigenvalue weighted by molar-refractivity contribution is 14.1. The molecule has 0 aliphatic carbocycles. The molecule has 1 aromatic carbocycles. The number of benzene rings is 1. The second-order valence-electron chi connectivity index (χ2n) is 2.37. The third-order valence-electron chi connectivity index (χ3n) is 1.54. The molecule has 1 N–H and O–H groups in total. The number of carboxylic acids is 1. The van der Waals surface area contributed by atoms with Crippen LogP contribution in [0.25, 0.3) is 0 Å². The van der Waals surface area contributed by atoms with E-state index in [0.29, 0.717) is 9.13 Å². The molecule has 0 fully saturated rings. The van der Waals surface area contributed by atoms with Gasteiger partial charge in [-0.05, 0) is 47.2 Å². The third-order valence-corrected chi connectivity index (χ3v) is 2.66. The van der Waals surface area contributed by atoms with E-state index in [1.807, 2.05) is 22.6 Å². The minimum absolute atomic E-state index is 0.0272. The zero-order valence-electron chi connectivity index (χ0n) is 6.27. The number of carboxylic acid groups (broad SMARTS) is 1. The first-order valence-electron chi connectivity index (χ1n) is 3.21. The quantitative estimate of drug-likeness (QED) is 0.802. The summed E-state index contributed by atoms with van der Waals surface area (Å²) in [5.74, 6) is -1.60. The van der Waals surface area contributed by atoms with Crippen LogP contribution in [-0.2, 0) is 0 Å². The molecule has 64 valence electrons. The minimum atomic E-state index is -1.09. The Labute approximate surface area is 82.5 Å². The van der Waals surface area contributed by atoms with Gasteiger partial charge in [0.15, 0.2) is 0 Å². The molecule has 1 rings (SSSR count). The summed E-state index contributed by atoms with van der Waals surface area (Å²) in [5, 5.41) is 8.64. The maximum Gasteiger partial charge on any atom is 0.336 e. The number of rotatable bonds is 1. The summed E-state index contributed by atoms with van der Waals surface area (Å²) >= 11 is 1.91. The molecule has 0 aliphatic rings. The van der Waals surface area contributed by atoms with Crippen LogP contribution in [0.5, 0.6) is 0 Å². The van der Waals surface area contributed by atoms with E-state index in [-0.39, 0.29) is 5.56 Å². The highest BCUT2D eigenvalue weighted by Gasteiger charge is 2.10. The maximum atomic E-state index is 12.7. The summed E-state index contributed by atoms with van der Waals surface area (Å²) < 4.78 is 13.3. The van der Waals surface area contributed by atoms with Gasteiger partial charge in [0, 0.05) is 3.57 Å². The van der Waals surface area contributed by atoms with E-state index < -0.39 is 11.8 Å². The minimum Gasteiger partial charge on any atom is -0.478 e. The Morgan fingerprint density at radius 3 is 2.67 bits per heavy atom. The highest BCUT2D eigenvalue weighted by Crippen LogP contribution is 2.17. The first-order chi connectivity index (χ1) is 5.52. The smallest absolute Gasteiger partial charge is 0.336 e. The lowest BCUT2D eigenvalue weighted by Gasteiger charge is -2.02. The molecule has 4 heteroatoms. The average Bonchev–Trinajstić information content (AvgIpc) is 1.96. The SMILES string of the molecule is Cc1c(I)cc(F)cc1C(=O)O. The van der Waals surface area contributed by atoms with Gasteiger partial charge < -0.3 is 5.11 Å². The van der Waals surface area contributed by atoms with Gasteiger partial charge in [0.1, 0.15) is 5.82 Å².